The van der Waals surface area contributed by atoms with E-state index >= 15 is 0 Å². The van der Waals surface area contributed by atoms with Crippen molar-refractivity contribution in [2.45, 2.75) is 12.8 Å². The van der Waals surface area contributed by atoms with Crippen molar-refractivity contribution in [3.05, 3.63) is 15.9 Å². The Labute approximate surface area is 72.7 Å². The van der Waals surface area contributed by atoms with Crippen molar-refractivity contribution in [2.24, 2.45) is 0 Å². The van der Waals surface area contributed by atoms with Gasteiger partial charge in [-0.2, -0.15) is 0 Å². The molecule has 0 unspecified atom stereocenters. The molecule has 60 valence electrons. The zero-order valence-corrected chi connectivity index (χ0v) is 7.50. The zero-order valence-electron chi connectivity index (χ0n) is 5.93. The number of rotatable bonds is 1. The fourth-order valence-corrected chi connectivity index (χ4v) is 1.87. The molecule has 0 bridgehead atoms. The summed E-state index contributed by atoms with van der Waals surface area (Å²) < 4.78 is 1.30. The molecule has 1 aromatic rings. The van der Waals surface area contributed by atoms with Gasteiger partial charge in [-0.05, 0) is 0 Å². The zero-order chi connectivity index (χ0) is 8.43. The summed E-state index contributed by atoms with van der Waals surface area (Å²) in [6.45, 7) is 1.42. The van der Waals surface area contributed by atoms with Crippen LogP contribution >= 0.6 is 22.9 Å². The van der Waals surface area contributed by atoms with E-state index in [-0.39, 0.29) is 16.6 Å². The number of alkyl halides is 1. The molecule has 1 N–H and O–H groups in total. The smallest absolute Gasteiger partial charge is 0.230 e. The van der Waals surface area contributed by atoms with Gasteiger partial charge in [0.1, 0.15) is 0 Å². The van der Waals surface area contributed by atoms with Crippen molar-refractivity contribution in [1.29, 1.82) is 5.41 Å². The lowest BCUT2D eigenvalue weighted by Gasteiger charge is -1.98. The van der Waals surface area contributed by atoms with Crippen LogP contribution in [0.4, 0.5) is 0 Å². The number of thiazole rings is 1. The summed E-state index contributed by atoms with van der Waals surface area (Å²) in [6, 6.07) is 0. The van der Waals surface area contributed by atoms with Crippen molar-refractivity contribution >= 4 is 28.8 Å². The minimum atomic E-state index is -0.160. The molecule has 0 aliphatic carbocycles. The van der Waals surface area contributed by atoms with Crippen molar-refractivity contribution in [3.63, 3.8) is 0 Å². The first kappa shape index (κ1) is 8.49. The number of carbonyl (C=O) groups is 1. The molecule has 1 rings (SSSR count). The van der Waals surface area contributed by atoms with Crippen LogP contribution in [0.5, 0.6) is 0 Å². The number of nitrogens with zero attached hydrogens (tertiary/aromatic N) is 1. The third-order valence-corrected chi connectivity index (χ3v) is 2.32. The Morgan fingerprint density at radius 1 is 1.91 bits per heavy atom. The van der Waals surface area contributed by atoms with Crippen LogP contribution in [0.15, 0.2) is 5.38 Å². The summed E-state index contributed by atoms with van der Waals surface area (Å²) in [5, 5.41) is 9.05. The Hall–Kier alpha value is -0.610. The third-order valence-electron chi connectivity index (χ3n) is 1.25. The Morgan fingerprint density at radius 2 is 2.55 bits per heavy atom. The largest absolute Gasteiger partial charge is 0.275 e. The highest BCUT2D eigenvalue weighted by Gasteiger charge is 2.05. The first-order chi connectivity index (χ1) is 5.16. The number of nitrogens with one attached hydrogen (secondary N) is 1. The van der Waals surface area contributed by atoms with Gasteiger partial charge in [0, 0.05) is 12.3 Å². The maximum atomic E-state index is 10.9. The van der Waals surface area contributed by atoms with Crippen molar-refractivity contribution < 1.29 is 4.79 Å². The Balaban J connectivity index is 3.29. The molecule has 11 heavy (non-hydrogen) atoms. The van der Waals surface area contributed by atoms with E-state index in [0.29, 0.717) is 5.69 Å². The molecular weight excluding hydrogens is 184 g/mol. The van der Waals surface area contributed by atoms with Crippen LogP contribution in [-0.2, 0) is 5.88 Å². The fraction of sp³-hybridized carbons (Fsp3) is 0.333. The quantitative estimate of drug-likeness (QED) is 0.670. The second kappa shape index (κ2) is 3.19. The van der Waals surface area contributed by atoms with Crippen LogP contribution in [0.2, 0.25) is 0 Å². The van der Waals surface area contributed by atoms with Gasteiger partial charge in [0.05, 0.1) is 11.6 Å². The lowest BCUT2D eigenvalue weighted by molar-refractivity contribution is 0.0930. The predicted octanol–water partition coefficient (Wildman–Crippen LogP) is 1.43. The van der Waals surface area contributed by atoms with Crippen molar-refractivity contribution in [3.8, 4) is 0 Å². The number of carbonyl (C=O) groups excluding carboxylic acids is 1. The van der Waals surface area contributed by atoms with Gasteiger partial charge >= 0.3 is 0 Å². The number of hydrogen-bond acceptors (Lipinski definition) is 3. The summed E-state index contributed by atoms with van der Waals surface area (Å²) in [7, 11) is 0. The molecule has 0 saturated carbocycles. The standard InChI is InChI=1S/C6H7ClN2OS/c1-4(10)9-5(2-7)3-11-6(9)8/h3,8H,2H2,1H3. The van der Waals surface area contributed by atoms with Gasteiger partial charge < -0.3 is 0 Å². The minimum Gasteiger partial charge on any atom is -0.275 e. The molecule has 0 aliphatic rings. The first-order valence-corrected chi connectivity index (χ1v) is 4.39. The summed E-state index contributed by atoms with van der Waals surface area (Å²) in [6.07, 6.45) is 0. The van der Waals surface area contributed by atoms with Crippen LogP contribution in [0, 0.1) is 5.41 Å². The lowest BCUT2D eigenvalue weighted by atomic mass is 10.5. The molecule has 0 saturated heterocycles. The van der Waals surface area contributed by atoms with Gasteiger partial charge in [0.15, 0.2) is 4.80 Å². The second-order valence-electron chi connectivity index (χ2n) is 2.02. The van der Waals surface area contributed by atoms with Crippen LogP contribution in [0.1, 0.15) is 17.4 Å². The number of aromatic nitrogens is 1. The molecule has 1 aromatic heterocycles. The Bertz CT molecular complexity index is 328. The van der Waals surface area contributed by atoms with Crippen LogP contribution in [0.25, 0.3) is 0 Å². The molecule has 0 aliphatic heterocycles. The lowest BCUT2D eigenvalue weighted by Crippen LogP contribution is -2.20. The van der Waals surface area contributed by atoms with Crippen molar-refractivity contribution in [2.75, 3.05) is 0 Å². The summed E-state index contributed by atoms with van der Waals surface area (Å²) in [4.78, 5) is 11.1. The summed E-state index contributed by atoms with van der Waals surface area (Å²) in [5.74, 6) is 0.113. The molecular formula is C6H7ClN2OS. The second-order valence-corrected chi connectivity index (χ2v) is 3.15. The molecule has 0 atom stereocenters. The first-order valence-electron chi connectivity index (χ1n) is 2.97. The van der Waals surface area contributed by atoms with E-state index in [4.69, 9.17) is 17.0 Å². The highest BCUT2D eigenvalue weighted by atomic mass is 35.5. The monoisotopic (exact) mass is 190 g/mol. The molecule has 0 spiro atoms. The van der Waals surface area contributed by atoms with Gasteiger partial charge in [0.2, 0.25) is 5.91 Å². The van der Waals surface area contributed by atoms with Gasteiger partial charge in [-0.1, -0.05) is 0 Å². The minimum absolute atomic E-state index is 0.160. The van der Waals surface area contributed by atoms with Crippen LogP contribution < -0.4 is 4.80 Å². The van der Waals surface area contributed by atoms with E-state index in [2.05, 4.69) is 0 Å². The topological polar surface area (TPSA) is 45.9 Å². The number of hydrogen-bond donors (Lipinski definition) is 1. The highest BCUT2D eigenvalue weighted by Crippen LogP contribution is 2.04. The summed E-state index contributed by atoms with van der Waals surface area (Å²) >= 11 is 6.75. The fourth-order valence-electron chi connectivity index (χ4n) is 0.796. The van der Waals surface area contributed by atoms with Gasteiger partial charge in [-0.25, -0.2) is 0 Å². The van der Waals surface area contributed by atoms with E-state index in [1.165, 1.54) is 22.8 Å². The maximum absolute atomic E-state index is 10.9. The molecule has 3 nitrogen and oxygen atoms in total. The van der Waals surface area contributed by atoms with E-state index < -0.39 is 0 Å². The number of halogens is 1. The predicted molar refractivity (Wildman–Crippen MR) is 44.0 cm³/mol. The molecule has 0 amide bonds. The average Bonchev–Trinajstić information content (AvgIpc) is 2.30. The highest BCUT2D eigenvalue weighted by molar-refractivity contribution is 7.07. The third kappa shape index (κ3) is 1.52. The van der Waals surface area contributed by atoms with Crippen LogP contribution in [0.3, 0.4) is 0 Å². The van der Waals surface area contributed by atoms with E-state index in [9.17, 15) is 4.79 Å². The molecule has 0 fully saturated rings. The molecule has 5 heteroatoms. The van der Waals surface area contributed by atoms with E-state index in [1.54, 1.807) is 5.38 Å². The molecule has 1 heterocycles. The summed E-state index contributed by atoms with van der Waals surface area (Å²) in [5.41, 5.74) is 0.689. The van der Waals surface area contributed by atoms with Gasteiger partial charge in [0.25, 0.3) is 0 Å². The molecule has 0 radical (unpaired) electrons. The van der Waals surface area contributed by atoms with Crippen molar-refractivity contribution in [1.82, 2.24) is 4.57 Å². The maximum Gasteiger partial charge on any atom is 0.230 e. The average molecular weight is 191 g/mol. The molecule has 0 aromatic carbocycles. The SMILES string of the molecule is CC(=O)n1c(CCl)csc1=N. The van der Waals surface area contributed by atoms with Gasteiger partial charge in [-0.15, -0.1) is 22.9 Å². The Morgan fingerprint density at radius 3 is 2.91 bits per heavy atom. The van der Waals surface area contributed by atoms with Gasteiger partial charge in [-0.3, -0.25) is 14.8 Å². The van der Waals surface area contributed by atoms with E-state index in [1.807, 2.05) is 0 Å². The normalized spacial score (nSPS) is 10.0. The van der Waals surface area contributed by atoms with Crippen LogP contribution in [-0.4, -0.2) is 10.5 Å². The Kier molecular flexibility index (Phi) is 2.46. The van der Waals surface area contributed by atoms with E-state index in [0.717, 1.165) is 0 Å².